The lowest BCUT2D eigenvalue weighted by Gasteiger charge is -2.23. The van der Waals surface area contributed by atoms with Crippen molar-refractivity contribution in [1.29, 1.82) is 0 Å². The third kappa shape index (κ3) is 3.69. The van der Waals surface area contributed by atoms with Gasteiger partial charge in [-0.15, -0.1) is 12.4 Å². The van der Waals surface area contributed by atoms with Gasteiger partial charge in [0.25, 0.3) is 0 Å². The van der Waals surface area contributed by atoms with Crippen LogP contribution in [0.2, 0.25) is 0 Å². The van der Waals surface area contributed by atoms with Crippen LogP contribution in [-0.2, 0) is 4.79 Å². The number of urea groups is 1. The van der Waals surface area contributed by atoms with Crippen LogP contribution in [0.15, 0.2) is 24.3 Å². The van der Waals surface area contributed by atoms with Crippen LogP contribution in [0.5, 0.6) is 0 Å². The highest BCUT2D eigenvalue weighted by Crippen LogP contribution is 2.21. The summed E-state index contributed by atoms with van der Waals surface area (Å²) in [5, 5.41) is 8.93. The summed E-state index contributed by atoms with van der Waals surface area (Å²) in [6.07, 6.45) is 3.09. The second-order valence-electron chi connectivity index (χ2n) is 5.43. The average Bonchev–Trinajstić information content (AvgIpc) is 2.94. The Morgan fingerprint density at radius 2 is 2.14 bits per heavy atom. The first-order valence-corrected chi connectivity index (χ1v) is 7.44. The number of carbonyl (C=O) groups excluding carboxylic acids is 2. The van der Waals surface area contributed by atoms with Crippen LogP contribution in [-0.4, -0.2) is 37.6 Å². The van der Waals surface area contributed by atoms with Gasteiger partial charge in [0.1, 0.15) is 0 Å². The zero-order valence-electron chi connectivity index (χ0n) is 12.3. The van der Waals surface area contributed by atoms with Gasteiger partial charge < -0.3 is 16.0 Å². The molecule has 1 aromatic carbocycles. The Morgan fingerprint density at radius 3 is 2.82 bits per heavy atom. The van der Waals surface area contributed by atoms with Crippen LogP contribution in [0.25, 0.3) is 0 Å². The number of piperidine rings is 1. The molecule has 22 heavy (non-hydrogen) atoms. The van der Waals surface area contributed by atoms with Gasteiger partial charge in [0.15, 0.2) is 0 Å². The number of anilines is 2. The number of hydrogen-bond acceptors (Lipinski definition) is 3. The summed E-state index contributed by atoms with van der Waals surface area (Å²) in [5.41, 5.74) is 1.53. The average molecular weight is 325 g/mol. The van der Waals surface area contributed by atoms with Crippen molar-refractivity contribution in [3.8, 4) is 0 Å². The topological polar surface area (TPSA) is 73.5 Å². The fourth-order valence-electron chi connectivity index (χ4n) is 2.77. The number of rotatable bonds is 3. The molecule has 120 valence electrons. The number of amides is 3. The van der Waals surface area contributed by atoms with Crippen molar-refractivity contribution in [3.05, 3.63) is 24.3 Å². The van der Waals surface area contributed by atoms with Gasteiger partial charge in [0.05, 0.1) is 6.04 Å². The molecule has 0 spiro atoms. The SMILES string of the molecule is Cl.O=C(Nc1cccc(N2CCNC2=O)c1)[C@@H]1CCCCN1. The maximum Gasteiger partial charge on any atom is 0.321 e. The molecule has 3 rings (SSSR count). The molecule has 2 saturated heterocycles. The molecule has 7 heteroatoms. The van der Waals surface area contributed by atoms with E-state index in [-0.39, 0.29) is 30.4 Å². The van der Waals surface area contributed by atoms with Gasteiger partial charge in [-0.05, 0) is 37.6 Å². The van der Waals surface area contributed by atoms with Gasteiger partial charge >= 0.3 is 6.03 Å². The van der Waals surface area contributed by atoms with E-state index in [1.807, 2.05) is 24.3 Å². The summed E-state index contributed by atoms with van der Waals surface area (Å²) in [6, 6.07) is 7.21. The Morgan fingerprint density at radius 1 is 1.27 bits per heavy atom. The van der Waals surface area contributed by atoms with Crippen LogP contribution in [0, 0.1) is 0 Å². The standard InChI is InChI=1S/C15H20N4O2.ClH/c20-14(13-6-1-2-7-16-13)18-11-4-3-5-12(10-11)19-9-8-17-15(19)21;/h3-5,10,13,16H,1-2,6-9H2,(H,17,21)(H,18,20);1H/t13-;/m0./s1. The molecule has 6 nitrogen and oxygen atoms in total. The Kier molecular flexibility index (Phi) is 5.63. The van der Waals surface area contributed by atoms with Crippen LogP contribution < -0.4 is 20.9 Å². The van der Waals surface area contributed by atoms with E-state index in [9.17, 15) is 9.59 Å². The lowest BCUT2D eigenvalue weighted by molar-refractivity contribution is -0.118. The third-order valence-electron chi connectivity index (χ3n) is 3.91. The van der Waals surface area contributed by atoms with Gasteiger partial charge in [-0.1, -0.05) is 12.5 Å². The Hall–Kier alpha value is -1.79. The molecule has 2 aliphatic rings. The van der Waals surface area contributed by atoms with E-state index >= 15 is 0 Å². The van der Waals surface area contributed by atoms with E-state index < -0.39 is 0 Å². The van der Waals surface area contributed by atoms with Crippen LogP contribution in [0.4, 0.5) is 16.2 Å². The molecule has 1 atom stereocenters. The van der Waals surface area contributed by atoms with Gasteiger partial charge in [0, 0.05) is 24.5 Å². The molecule has 1 aromatic rings. The molecule has 3 amide bonds. The molecule has 0 saturated carbocycles. The molecule has 0 bridgehead atoms. The van der Waals surface area contributed by atoms with E-state index in [1.165, 1.54) is 0 Å². The zero-order valence-corrected chi connectivity index (χ0v) is 13.1. The molecule has 0 radical (unpaired) electrons. The van der Waals surface area contributed by atoms with E-state index in [1.54, 1.807) is 4.90 Å². The van der Waals surface area contributed by atoms with Crippen molar-refractivity contribution in [2.45, 2.75) is 25.3 Å². The highest BCUT2D eigenvalue weighted by Gasteiger charge is 2.23. The molecule has 2 fully saturated rings. The van der Waals surface area contributed by atoms with E-state index in [4.69, 9.17) is 0 Å². The molecule has 0 aliphatic carbocycles. The lowest BCUT2D eigenvalue weighted by Crippen LogP contribution is -2.43. The van der Waals surface area contributed by atoms with Crippen molar-refractivity contribution in [2.75, 3.05) is 29.9 Å². The minimum atomic E-state index is -0.113. The molecule has 0 aromatic heterocycles. The number of nitrogens with one attached hydrogen (secondary N) is 3. The molecule has 3 N–H and O–H groups in total. The largest absolute Gasteiger partial charge is 0.336 e. The van der Waals surface area contributed by atoms with Crippen LogP contribution in [0.3, 0.4) is 0 Å². The van der Waals surface area contributed by atoms with E-state index in [0.29, 0.717) is 13.1 Å². The fraction of sp³-hybridized carbons (Fsp3) is 0.467. The fourth-order valence-corrected chi connectivity index (χ4v) is 2.77. The Bertz CT molecular complexity index is 546. The smallest absolute Gasteiger partial charge is 0.321 e. The van der Waals surface area contributed by atoms with Crippen LogP contribution in [0.1, 0.15) is 19.3 Å². The van der Waals surface area contributed by atoms with Gasteiger partial charge in [-0.25, -0.2) is 4.79 Å². The van der Waals surface area contributed by atoms with Gasteiger partial charge in [-0.2, -0.15) is 0 Å². The number of halogens is 1. The second-order valence-corrected chi connectivity index (χ2v) is 5.43. The molecule has 0 unspecified atom stereocenters. The van der Waals surface area contributed by atoms with Crippen molar-refractivity contribution in [1.82, 2.24) is 10.6 Å². The Balaban J connectivity index is 0.00000176. The second kappa shape index (κ2) is 7.47. The third-order valence-corrected chi connectivity index (χ3v) is 3.91. The Labute approximate surface area is 136 Å². The minimum Gasteiger partial charge on any atom is -0.336 e. The molecular weight excluding hydrogens is 304 g/mol. The zero-order chi connectivity index (χ0) is 14.7. The summed E-state index contributed by atoms with van der Waals surface area (Å²) in [6.45, 7) is 2.20. The highest BCUT2D eigenvalue weighted by molar-refractivity contribution is 5.97. The van der Waals surface area contributed by atoms with Crippen molar-refractivity contribution in [3.63, 3.8) is 0 Å². The summed E-state index contributed by atoms with van der Waals surface area (Å²) in [7, 11) is 0. The van der Waals surface area contributed by atoms with Crippen molar-refractivity contribution < 1.29 is 9.59 Å². The van der Waals surface area contributed by atoms with Crippen molar-refractivity contribution >= 4 is 35.7 Å². The maximum absolute atomic E-state index is 12.2. The predicted molar refractivity (Wildman–Crippen MR) is 88.7 cm³/mol. The summed E-state index contributed by atoms with van der Waals surface area (Å²) >= 11 is 0. The van der Waals surface area contributed by atoms with Gasteiger partial charge in [0.2, 0.25) is 5.91 Å². The minimum absolute atomic E-state index is 0. The lowest BCUT2D eigenvalue weighted by atomic mass is 10.0. The number of nitrogens with zero attached hydrogens (tertiary/aromatic N) is 1. The summed E-state index contributed by atoms with van der Waals surface area (Å²) in [5.74, 6) is -0.00211. The predicted octanol–water partition coefficient (Wildman–Crippen LogP) is 1.72. The first-order chi connectivity index (χ1) is 10.2. The summed E-state index contributed by atoms with van der Waals surface area (Å²) in [4.78, 5) is 25.5. The number of benzene rings is 1. The monoisotopic (exact) mass is 324 g/mol. The normalized spacial score (nSPS) is 21.0. The van der Waals surface area contributed by atoms with E-state index in [2.05, 4.69) is 16.0 Å². The number of hydrogen-bond donors (Lipinski definition) is 3. The molecule has 2 aliphatic heterocycles. The highest BCUT2D eigenvalue weighted by atomic mass is 35.5. The van der Waals surface area contributed by atoms with Gasteiger partial charge in [-0.3, -0.25) is 9.69 Å². The molecular formula is C15H21ClN4O2. The van der Waals surface area contributed by atoms with Crippen LogP contribution >= 0.6 is 12.4 Å². The summed E-state index contributed by atoms with van der Waals surface area (Å²) < 4.78 is 0. The first-order valence-electron chi connectivity index (χ1n) is 7.44. The van der Waals surface area contributed by atoms with E-state index in [0.717, 1.165) is 37.2 Å². The maximum atomic E-state index is 12.2. The van der Waals surface area contributed by atoms with Crippen molar-refractivity contribution in [2.24, 2.45) is 0 Å². The first kappa shape index (κ1) is 16.6. The number of carbonyl (C=O) groups is 2. The molecule has 2 heterocycles. The quantitative estimate of drug-likeness (QED) is 0.792.